The summed E-state index contributed by atoms with van der Waals surface area (Å²) in [6.45, 7) is 0.864. The molecule has 32 heavy (non-hydrogen) atoms. The van der Waals surface area contributed by atoms with Crippen molar-refractivity contribution >= 4 is 15.7 Å². The fourth-order valence-corrected chi connectivity index (χ4v) is 5.56. The second kappa shape index (κ2) is 8.38. The molecule has 4 rings (SSSR count). The van der Waals surface area contributed by atoms with Gasteiger partial charge in [-0.05, 0) is 60.5 Å². The van der Waals surface area contributed by atoms with E-state index < -0.39 is 21.4 Å². The number of piperidine rings is 1. The normalized spacial score (nSPS) is 22.7. The Morgan fingerprint density at radius 1 is 1.22 bits per heavy atom. The van der Waals surface area contributed by atoms with E-state index in [1.54, 1.807) is 6.07 Å². The van der Waals surface area contributed by atoms with Crippen molar-refractivity contribution in [2.75, 3.05) is 12.8 Å². The SMILES string of the molecule is CS(=O)(=O)c1cc(-c2ccc(C[C@@H](C#N)NC(=O)[C@]34CC[C@H](CN3)C4)cc2)ccc1C#N. The Labute approximate surface area is 188 Å². The van der Waals surface area contributed by atoms with Crippen LogP contribution < -0.4 is 10.6 Å². The van der Waals surface area contributed by atoms with Gasteiger partial charge in [-0.1, -0.05) is 30.3 Å². The van der Waals surface area contributed by atoms with Crippen LogP contribution >= 0.6 is 0 Å². The fourth-order valence-electron chi connectivity index (χ4n) is 4.70. The number of amides is 1. The first-order chi connectivity index (χ1) is 15.2. The summed E-state index contributed by atoms with van der Waals surface area (Å²) in [5.41, 5.74) is 1.97. The van der Waals surface area contributed by atoms with Gasteiger partial charge in [0.25, 0.3) is 0 Å². The first-order valence-electron chi connectivity index (χ1n) is 10.5. The zero-order valence-electron chi connectivity index (χ0n) is 17.8. The average molecular weight is 449 g/mol. The number of nitriles is 2. The molecule has 2 fully saturated rings. The summed E-state index contributed by atoms with van der Waals surface area (Å²) in [6, 6.07) is 15.6. The molecule has 1 aliphatic heterocycles. The molecule has 0 spiro atoms. The van der Waals surface area contributed by atoms with Gasteiger partial charge in [-0.2, -0.15) is 10.5 Å². The first kappa shape index (κ1) is 22.0. The van der Waals surface area contributed by atoms with Crippen molar-refractivity contribution in [3.05, 3.63) is 53.6 Å². The summed E-state index contributed by atoms with van der Waals surface area (Å²) in [6.07, 6.45) is 4.17. The summed E-state index contributed by atoms with van der Waals surface area (Å²) in [4.78, 5) is 12.8. The van der Waals surface area contributed by atoms with Crippen LogP contribution in [0.1, 0.15) is 30.4 Å². The lowest BCUT2D eigenvalue weighted by Gasteiger charge is -2.27. The molecule has 1 aliphatic carbocycles. The lowest BCUT2D eigenvalue weighted by Crippen LogP contribution is -2.55. The van der Waals surface area contributed by atoms with Crippen LogP contribution in [-0.2, 0) is 21.1 Å². The zero-order chi connectivity index (χ0) is 22.9. The van der Waals surface area contributed by atoms with E-state index in [0.717, 1.165) is 43.2 Å². The largest absolute Gasteiger partial charge is 0.338 e. The summed E-state index contributed by atoms with van der Waals surface area (Å²) < 4.78 is 24.0. The highest BCUT2D eigenvalue weighted by Gasteiger charge is 2.50. The van der Waals surface area contributed by atoms with Crippen molar-refractivity contribution < 1.29 is 13.2 Å². The van der Waals surface area contributed by atoms with Crippen LogP contribution in [-0.4, -0.2) is 38.7 Å². The van der Waals surface area contributed by atoms with Crippen LogP contribution in [0.4, 0.5) is 0 Å². The zero-order valence-corrected chi connectivity index (χ0v) is 18.6. The van der Waals surface area contributed by atoms with E-state index in [1.807, 2.05) is 30.3 Å². The van der Waals surface area contributed by atoms with E-state index in [4.69, 9.17) is 0 Å². The van der Waals surface area contributed by atoms with E-state index in [9.17, 15) is 23.7 Å². The number of carbonyl (C=O) groups is 1. The minimum Gasteiger partial charge on any atom is -0.338 e. The Bertz CT molecular complexity index is 1230. The molecule has 0 aromatic heterocycles. The molecule has 1 heterocycles. The maximum Gasteiger partial charge on any atom is 0.241 e. The van der Waals surface area contributed by atoms with Crippen LogP contribution in [0.5, 0.6) is 0 Å². The van der Waals surface area contributed by atoms with Crippen LogP contribution in [0.25, 0.3) is 11.1 Å². The van der Waals surface area contributed by atoms with Gasteiger partial charge in [0, 0.05) is 12.7 Å². The monoisotopic (exact) mass is 448 g/mol. The van der Waals surface area contributed by atoms with Gasteiger partial charge >= 0.3 is 0 Å². The van der Waals surface area contributed by atoms with Gasteiger partial charge in [0.2, 0.25) is 5.91 Å². The second-order valence-corrected chi connectivity index (χ2v) is 10.7. The molecule has 164 valence electrons. The number of hydrogen-bond donors (Lipinski definition) is 2. The van der Waals surface area contributed by atoms with Crippen molar-refractivity contribution in [3.63, 3.8) is 0 Å². The Morgan fingerprint density at radius 2 is 1.94 bits per heavy atom. The number of fused-ring (bicyclic) bond motifs is 2. The fraction of sp³-hybridized carbons (Fsp3) is 0.375. The molecule has 2 aliphatic rings. The van der Waals surface area contributed by atoms with Crippen molar-refractivity contribution in [2.45, 2.75) is 42.2 Å². The summed E-state index contributed by atoms with van der Waals surface area (Å²) >= 11 is 0. The first-order valence-corrected chi connectivity index (χ1v) is 12.4. The number of sulfone groups is 1. The number of carbonyl (C=O) groups excluding carboxylic acids is 1. The smallest absolute Gasteiger partial charge is 0.241 e. The number of benzene rings is 2. The highest BCUT2D eigenvalue weighted by Crippen LogP contribution is 2.40. The van der Waals surface area contributed by atoms with E-state index in [-0.39, 0.29) is 16.4 Å². The van der Waals surface area contributed by atoms with Crippen LogP contribution in [0.15, 0.2) is 47.4 Å². The van der Waals surface area contributed by atoms with Gasteiger partial charge in [0.1, 0.15) is 12.1 Å². The highest BCUT2D eigenvalue weighted by atomic mass is 32.2. The van der Waals surface area contributed by atoms with Gasteiger partial charge in [0.05, 0.1) is 22.1 Å². The Morgan fingerprint density at radius 3 is 2.47 bits per heavy atom. The molecule has 1 amide bonds. The maximum atomic E-state index is 12.8. The van der Waals surface area contributed by atoms with Crippen molar-refractivity contribution in [1.29, 1.82) is 10.5 Å². The topological polar surface area (TPSA) is 123 Å². The quantitative estimate of drug-likeness (QED) is 0.699. The molecule has 0 unspecified atom stereocenters. The molecule has 2 bridgehead atoms. The van der Waals surface area contributed by atoms with Gasteiger partial charge in [-0.15, -0.1) is 0 Å². The molecule has 3 atom stereocenters. The molecule has 8 heteroatoms. The third-order valence-corrected chi connectivity index (χ3v) is 7.61. The van der Waals surface area contributed by atoms with Gasteiger partial charge in [-0.3, -0.25) is 4.79 Å². The van der Waals surface area contributed by atoms with Crippen LogP contribution in [0, 0.1) is 28.6 Å². The van der Waals surface area contributed by atoms with Gasteiger partial charge in [-0.25, -0.2) is 8.42 Å². The molecule has 1 saturated heterocycles. The van der Waals surface area contributed by atoms with Crippen LogP contribution in [0.3, 0.4) is 0 Å². The van der Waals surface area contributed by atoms with Crippen molar-refractivity contribution in [1.82, 2.24) is 10.6 Å². The van der Waals surface area contributed by atoms with Crippen molar-refractivity contribution in [2.24, 2.45) is 5.92 Å². The van der Waals surface area contributed by atoms with E-state index in [0.29, 0.717) is 17.9 Å². The molecule has 7 nitrogen and oxygen atoms in total. The predicted octanol–water partition coefficient (Wildman–Crippen LogP) is 2.32. The number of hydrogen-bond acceptors (Lipinski definition) is 6. The third-order valence-electron chi connectivity index (χ3n) is 6.47. The van der Waals surface area contributed by atoms with E-state index >= 15 is 0 Å². The lowest BCUT2D eigenvalue weighted by atomic mass is 9.96. The number of rotatable bonds is 6. The summed E-state index contributed by atoms with van der Waals surface area (Å²) in [5.74, 6) is 0.464. The number of nitrogens with zero attached hydrogens (tertiary/aromatic N) is 2. The van der Waals surface area contributed by atoms with Gasteiger partial charge in [0.15, 0.2) is 9.84 Å². The third kappa shape index (κ3) is 4.25. The van der Waals surface area contributed by atoms with Crippen LogP contribution in [0.2, 0.25) is 0 Å². The molecular formula is C24H24N4O3S. The summed E-state index contributed by atoms with van der Waals surface area (Å²) in [5, 5.41) is 25.0. The van der Waals surface area contributed by atoms with E-state index in [1.165, 1.54) is 12.1 Å². The summed E-state index contributed by atoms with van der Waals surface area (Å²) in [7, 11) is -3.53. The number of nitrogens with one attached hydrogen (secondary N) is 2. The minimum atomic E-state index is -3.53. The molecule has 1 saturated carbocycles. The lowest BCUT2D eigenvalue weighted by molar-refractivity contribution is -0.127. The predicted molar refractivity (Wildman–Crippen MR) is 119 cm³/mol. The highest BCUT2D eigenvalue weighted by molar-refractivity contribution is 7.90. The Hall–Kier alpha value is -3.20. The molecule has 0 radical (unpaired) electrons. The molecule has 2 N–H and O–H groups in total. The second-order valence-electron chi connectivity index (χ2n) is 8.72. The minimum absolute atomic E-state index is 0.00267. The van der Waals surface area contributed by atoms with Gasteiger partial charge < -0.3 is 10.6 Å². The molecule has 2 aromatic rings. The van der Waals surface area contributed by atoms with Crippen molar-refractivity contribution in [3.8, 4) is 23.3 Å². The van der Waals surface area contributed by atoms with E-state index in [2.05, 4.69) is 16.7 Å². The Balaban J connectivity index is 1.47. The molecule has 2 aromatic carbocycles. The maximum absolute atomic E-state index is 12.8. The average Bonchev–Trinajstić information content (AvgIpc) is 3.41. The molecular weight excluding hydrogens is 424 g/mol. The Kier molecular flexibility index (Phi) is 5.77. The standard InChI is InChI=1S/C24H24N4O3S/c1-32(30,31)22-11-19(6-7-20(22)13-25)18-4-2-16(3-5-18)10-21(14-26)28-23(29)24-9-8-17(12-24)15-27-24/h2-7,11,17,21,27H,8-10,12,15H2,1H3,(H,28,29)/t17-,21-,24+/m0/s1.